The molecule has 1 aliphatic heterocycles. The van der Waals surface area contributed by atoms with Gasteiger partial charge in [-0.25, -0.2) is 9.78 Å². The first-order valence-corrected chi connectivity index (χ1v) is 6.65. The lowest BCUT2D eigenvalue weighted by molar-refractivity contribution is -0.124. The van der Waals surface area contributed by atoms with Crippen LogP contribution < -0.4 is 10.1 Å². The van der Waals surface area contributed by atoms with Gasteiger partial charge in [0.05, 0.1) is 20.8 Å². The smallest absolute Gasteiger partial charge is 0.376 e. The van der Waals surface area contributed by atoms with Crippen LogP contribution in [0.25, 0.3) is 0 Å². The quantitative estimate of drug-likeness (QED) is 0.638. The van der Waals surface area contributed by atoms with E-state index in [4.69, 9.17) is 16.3 Å². The first-order valence-electron chi connectivity index (χ1n) is 6.27. The van der Waals surface area contributed by atoms with Crippen LogP contribution in [-0.2, 0) is 9.53 Å². The number of anilines is 1. The molecule has 0 aromatic carbocycles. The largest absolute Gasteiger partial charge is 0.479 e. The molecule has 1 aromatic heterocycles. The van der Waals surface area contributed by atoms with Crippen LogP contribution in [0.1, 0.15) is 17.5 Å². The van der Waals surface area contributed by atoms with Crippen molar-refractivity contribution in [2.45, 2.75) is 6.92 Å². The molecule has 0 unspecified atom stereocenters. The molecule has 1 amide bonds. The number of carbonyl (C=O) groups is 2. The van der Waals surface area contributed by atoms with Gasteiger partial charge in [0.1, 0.15) is 5.69 Å². The predicted octanol–water partition coefficient (Wildman–Crippen LogP) is 0.555. The van der Waals surface area contributed by atoms with Gasteiger partial charge in [0.15, 0.2) is 5.15 Å². The number of hydrogen-bond donors (Lipinski definition) is 1. The van der Waals surface area contributed by atoms with Crippen LogP contribution in [0.15, 0.2) is 4.99 Å². The minimum atomic E-state index is -0.740. The maximum atomic E-state index is 11.5. The van der Waals surface area contributed by atoms with E-state index in [1.807, 2.05) is 0 Å². The zero-order chi connectivity index (χ0) is 16.3. The summed E-state index contributed by atoms with van der Waals surface area (Å²) in [6.45, 7) is 2.37. The number of nitrogens with one attached hydrogen (secondary N) is 1. The summed E-state index contributed by atoms with van der Waals surface area (Å²) >= 11 is 6.06. The van der Waals surface area contributed by atoms with Crippen molar-refractivity contribution in [3.8, 4) is 5.88 Å². The molecule has 9 nitrogen and oxygen atoms in total. The van der Waals surface area contributed by atoms with Gasteiger partial charge in [-0.3, -0.25) is 14.7 Å². The molecule has 1 N–H and O–H groups in total. The lowest BCUT2D eigenvalue weighted by Gasteiger charge is -2.18. The van der Waals surface area contributed by atoms with Crippen LogP contribution in [0.2, 0.25) is 5.15 Å². The zero-order valence-electron chi connectivity index (χ0n) is 12.2. The first-order chi connectivity index (χ1) is 10.5. The van der Waals surface area contributed by atoms with Gasteiger partial charge in [0.2, 0.25) is 23.6 Å². The molecule has 10 heteroatoms. The molecular weight excluding hydrogens is 314 g/mol. The lowest BCUT2D eigenvalue weighted by Crippen LogP contribution is -2.37. The van der Waals surface area contributed by atoms with Gasteiger partial charge >= 0.3 is 5.97 Å². The third kappa shape index (κ3) is 3.08. The molecule has 1 aliphatic rings. The molecule has 0 bridgehead atoms. The Hall–Kier alpha value is -2.42. The Morgan fingerprint density at radius 3 is 2.64 bits per heavy atom. The van der Waals surface area contributed by atoms with Crippen molar-refractivity contribution < 1.29 is 19.1 Å². The van der Waals surface area contributed by atoms with Crippen molar-refractivity contribution in [1.82, 2.24) is 14.9 Å². The number of halogens is 1. The molecule has 0 spiro atoms. The second-order valence-electron chi connectivity index (χ2n) is 4.21. The van der Waals surface area contributed by atoms with Crippen LogP contribution >= 0.6 is 11.6 Å². The van der Waals surface area contributed by atoms with Crippen molar-refractivity contribution >= 4 is 35.1 Å². The maximum Gasteiger partial charge on any atom is 0.376 e. The number of nitrogens with zero attached hydrogens (tertiary/aromatic N) is 4. The van der Waals surface area contributed by atoms with E-state index in [0.29, 0.717) is 19.0 Å². The first kappa shape index (κ1) is 16.0. The summed E-state index contributed by atoms with van der Waals surface area (Å²) in [5.74, 6) is -0.770. The molecule has 0 fully saturated rings. The van der Waals surface area contributed by atoms with E-state index in [9.17, 15) is 9.59 Å². The van der Waals surface area contributed by atoms with E-state index in [2.05, 4.69) is 25.0 Å². The number of carbonyl (C=O) groups excluding carboxylic acids is 2. The summed E-state index contributed by atoms with van der Waals surface area (Å²) in [7, 11) is 2.57. The van der Waals surface area contributed by atoms with E-state index in [-0.39, 0.29) is 28.5 Å². The standard InChI is InChI=1S/C12H14ClN5O4/c1-6(19)18-5-4-14-12(18)15-7-8(13)16-9(11(20)22-3)17-10(7)21-2/h4-5H2,1-3H3,(H,14,15). The number of esters is 1. The normalized spacial score (nSPS) is 13.6. The SMILES string of the molecule is COC(=O)c1nc(Cl)c(NC2=NCCN2C(C)=O)c(OC)n1. The second-order valence-corrected chi connectivity index (χ2v) is 4.57. The lowest BCUT2D eigenvalue weighted by atomic mass is 10.4. The van der Waals surface area contributed by atoms with E-state index in [1.165, 1.54) is 26.0 Å². The monoisotopic (exact) mass is 327 g/mol. The highest BCUT2D eigenvalue weighted by atomic mass is 35.5. The molecule has 0 atom stereocenters. The van der Waals surface area contributed by atoms with Gasteiger partial charge in [-0.05, 0) is 0 Å². The van der Waals surface area contributed by atoms with Crippen LogP contribution in [-0.4, -0.2) is 60.0 Å². The Labute approximate surface area is 131 Å². The topological polar surface area (TPSA) is 106 Å². The van der Waals surface area contributed by atoms with Crippen molar-refractivity contribution in [2.24, 2.45) is 4.99 Å². The number of ether oxygens (including phenoxy) is 2. The van der Waals surface area contributed by atoms with Crippen LogP contribution in [0.3, 0.4) is 0 Å². The molecule has 2 rings (SSSR count). The Morgan fingerprint density at radius 2 is 2.05 bits per heavy atom. The minimum Gasteiger partial charge on any atom is -0.479 e. The number of aliphatic imine (C=N–C) groups is 1. The molecular formula is C12H14ClN5O4. The third-order valence-corrected chi connectivity index (χ3v) is 3.12. The van der Waals surface area contributed by atoms with Crippen LogP contribution in [0.5, 0.6) is 5.88 Å². The van der Waals surface area contributed by atoms with Crippen molar-refractivity contribution in [3.05, 3.63) is 11.0 Å². The Morgan fingerprint density at radius 1 is 1.32 bits per heavy atom. The summed E-state index contributed by atoms with van der Waals surface area (Å²) in [4.78, 5) is 36.4. The Balaban J connectivity index is 2.35. The maximum absolute atomic E-state index is 11.5. The highest BCUT2D eigenvalue weighted by molar-refractivity contribution is 6.33. The third-order valence-electron chi connectivity index (χ3n) is 2.85. The highest BCUT2D eigenvalue weighted by Crippen LogP contribution is 2.29. The van der Waals surface area contributed by atoms with Gasteiger partial charge < -0.3 is 14.8 Å². The number of aromatic nitrogens is 2. The van der Waals surface area contributed by atoms with Gasteiger partial charge in [0.25, 0.3) is 0 Å². The van der Waals surface area contributed by atoms with Gasteiger partial charge in [-0.15, -0.1) is 0 Å². The van der Waals surface area contributed by atoms with Crippen molar-refractivity contribution in [3.63, 3.8) is 0 Å². The van der Waals surface area contributed by atoms with Crippen molar-refractivity contribution in [2.75, 3.05) is 32.6 Å². The number of amides is 1. The summed E-state index contributed by atoms with van der Waals surface area (Å²) in [5.41, 5.74) is 0.212. The summed E-state index contributed by atoms with van der Waals surface area (Å²) in [6, 6.07) is 0. The molecule has 0 radical (unpaired) electrons. The molecule has 1 aromatic rings. The number of rotatable bonds is 3. The number of methoxy groups -OCH3 is 2. The van der Waals surface area contributed by atoms with E-state index >= 15 is 0 Å². The van der Waals surface area contributed by atoms with E-state index in [1.54, 1.807) is 0 Å². The molecule has 2 heterocycles. The summed E-state index contributed by atoms with van der Waals surface area (Å²) in [5, 5.41) is 2.81. The number of guanidine groups is 1. The molecule has 0 saturated carbocycles. The van der Waals surface area contributed by atoms with Gasteiger partial charge in [-0.2, -0.15) is 4.98 Å². The average molecular weight is 328 g/mol. The predicted molar refractivity (Wildman–Crippen MR) is 78.2 cm³/mol. The molecule has 22 heavy (non-hydrogen) atoms. The fourth-order valence-electron chi connectivity index (χ4n) is 1.82. The number of hydrogen-bond acceptors (Lipinski definition) is 8. The fourth-order valence-corrected chi connectivity index (χ4v) is 2.03. The Bertz CT molecular complexity index is 649. The fraction of sp³-hybridized carbons (Fsp3) is 0.417. The molecule has 118 valence electrons. The summed E-state index contributed by atoms with van der Waals surface area (Å²) < 4.78 is 9.64. The van der Waals surface area contributed by atoms with Gasteiger partial charge in [0, 0.05) is 13.5 Å². The van der Waals surface area contributed by atoms with Gasteiger partial charge in [-0.1, -0.05) is 11.6 Å². The Kier molecular flexibility index (Phi) is 4.76. The van der Waals surface area contributed by atoms with Crippen LogP contribution in [0.4, 0.5) is 5.69 Å². The molecule has 0 saturated heterocycles. The minimum absolute atomic E-state index is 0.0403. The van der Waals surface area contributed by atoms with Crippen LogP contribution in [0, 0.1) is 0 Å². The van der Waals surface area contributed by atoms with E-state index < -0.39 is 5.97 Å². The van der Waals surface area contributed by atoms with Crippen molar-refractivity contribution in [1.29, 1.82) is 0 Å². The highest BCUT2D eigenvalue weighted by Gasteiger charge is 2.25. The average Bonchev–Trinajstić information content (AvgIpc) is 2.96. The molecule has 0 aliphatic carbocycles. The summed E-state index contributed by atoms with van der Waals surface area (Å²) in [6.07, 6.45) is 0. The van der Waals surface area contributed by atoms with E-state index in [0.717, 1.165) is 0 Å². The second kappa shape index (κ2) is 6.56. The zero-order valence-corrected chi connectivity index (χ0v) is 13.0.